The molecule has 2 N–H and O–H groups in total. The fourth-order valence-corrected chi connectivity index (χ4v) is 2.30. The molecular formula is C13H12FN3O2. The maximum atomic E-state index is 13.3. The highest BCUT2D eigenvalue weighted by molar-refractivity contribution is 5.94. The van der Waals surface area contributed by atoms with Gasteiger partial charge in [-0.15, -0.1) is 0 Å². The Morgan fingerprint density at radius 3 is 3.05 bits per heavy atom. The van der Waals surface area contributed by atoms with E-state index >= 15 is 0 Å². The quantitative estimate of drug-likeness (QED) is 0.869. The monoisotopic (exact) mass is 261 g/mol. The molecule has 0 bridgehead atoms. The Morgan fingerprint density at radius 2 is 2.32 bits per heavy atom. The van der Waals surface area contributed by atoms with Gasteiger partial charge in [0.1, 0.15) is 11.5 Å². The number of nitrogens with zero attached hydrogens (tertiary/aromatic N) is 2. The van der Waals surface area contributed by atoms with Gasteiger partial charge in [-0.2, -0.15) is 0 Å². The van der Waals surface area contributed by atoms with E-state index in [1.165, 1.54) is 12.1 Å². The lowest BCUT2D eigenvalue weighted by molar-refractivity contribution is 0.0686. The van der Waals surface area contributed by atoms with Crippen molar-refractivity contribution >= 4 is 11.9 Å². The summed E-state index contributed by atoms with van der Waals surface area (Å²) in [5.74, 6) is -0.933. The van der Waals surface area contributed by atoms with Gasteiger partial charge in [-0.25, -0.2) is 14.2 Å². The van der Waals surface area contributed by atoms with Crippen LogP contribution in [0.1, 0.15) is 16.9 Å². The molecule has 0 unspecified atom stereocenters. The van der Waals surface area contributed by atoms with Gasteiger partial charge < -0.3 is 15.0 Å². The Balaban J connectivity index is 2.20. The zero-order valence-electron chi connectivity index (χ0n) is 10.1. The summed E-state index contributed by atoms with van der Waals surface area (Å²) in [5.41, 5.74) is 0.880. The lowest BCUT2D eigenvalue weighted by atomic mass is 10.1. The smallest absolute Gasteiger partial charge is 0.354 e. The number of carboxylic acid groups (broad SMARTS) is 1. The van der Waals surface area contributed by atoms with Gasteiger partial charge in [0.05, 0.1) is 0 Å². The molecule has 0 amide bonds. The van der Waals surface area contributed by atoms with Crippen molar-refractivity contribution in [1.29, 1.82) is 0 Å². The molecule has 0 saturated carbocycles. The van der Waals surface area contributed by atoms with Crippen LogP contribution in [0.15, 0.2) is 24.3 Å². The molecule has 0 fully saturated rings. The highest BCUT2D eigenvalue weighted by Gasteiger charge is 2.25. The fraction of sp³-hybridized carbons (Fsp3) is 0.231. The van der Waals surface area contributed by atoms with Crippen molar-refractivity contribution in [2.45, 2.75) is 13.0 Å². The first-order valence-corrected chi connectivity index (χ1v) is 6.00. The van der Waals surface area contributed by atoms with E-state index in [0.29, 0.717) is 23.8 Å². The Kier molecular flexibility index (Phi) is 2.70. The van der Waals surface area contributed by atoms with Gasteiger partial charge in [0.2, 0.25) is 5.95 Å². The standard InChI is InChI=1S/C13H12FN3O2/c14-9-4-1-3-8(7-9)10-11(12(18)19)17-6-2-5-15-13(17)16-10/h1,3-4,7H,2,5-6H2,(H,15,16)(H,18,19). The van der Waals surface area contributed by atoms with Gasteiger partial charge in [0.25, 0.3) is 0 Å². The summed E-state index contributed by atoms with van der Waals surface area (Å²) in [4.78, 5) is 15.7. The number of aromatic nitrogens is 2. The molecule has 0 radical (unpaired) electrons. The van der Waals surface area contributed by atoms with Gasteiger partial charge >= 0.3 is 5.97 Å². The molecule has 98 valence electrons. The van der Waals surface area contributed by atoms with E-state index in [1.54, 1.807) is 16.7 Å². The van der Waals surface area contributed by atoms with E-state index < -0.39 is 11.8 Å². The summed E-state index contributed by atoms with van der Waals surface area (Å²) in [6, 6.07) is 5.81. The molecule has 6 heteroatoms. The van der Waals surface area contributed by atoms with Crippen LogP contribution in [0.5, 0.6) is 0 Å². The third kappa shape index (κ3) is 1.95. The SMILES string of the molecule is O=C(O)c1c(-c2cccc(F)c2)nc2n1CCCN2. The summed E-state index contributed by atoms with van der Waals surface area (Å²) in [6.45, 7) is 1.37. The van der Waals surface area contributed by atoms with Crippen LogP contribution < -0.4 is 5.32 Å². The summed E-state index contributed by atoms with van der Waals surface area (Å²) >= 11 is 0. The second-order valence-electron chi connectivity index (χ2n) is 4.38. The van der Waals surface area contributed by atoms with Crippen molar-refractivity contribution in [2.75, 3.05) is 11.9 Å². The van der Waals surface area contributed by atoms with Crippen LogP contribution in [0.4, 0.5) is 10.3 Å². The minimum atomic E-state index is -1.05. The summed E-state index contributed by atoms with van der Waals surface area (Å²) in [5, 5.41) is 12.4. The van der Waals surface area contributed by atoms with Crippen molar-refractivity contribution in [3.05, 3.63) is 35.8 Å². The molecule has 0 aliphatic carbocycles. The Bertz CT molecular complexity index is 651. The van der Waals surface area contributed by atoms with Gasteiger partial charge in [-0.05, 0) is 18.6 Å². The molecule has 0 spiro atoms. The van der Waals surface area contributed by atoms with Crippen LogP contribution in [-0.2, 0) is 6.54 Å². The normalized spacial score (nSPS) is 13.7. The van der Waals surface area contributed by atoms with Crippen molar-refractivity contribution in [3.8, 4) is 11.3 Å². The average Bonchev–Trinajstić information content (AvgIpc) is 2.78. The highest BCUT2D eigenvalue weighted by Crippen LogP contribution is 2.28. The predicted octanol–water partition coefficient (Wildman–Crippen LogP) is 2.20. The second-order valence-corrected chi connectivity index (χ2v) is 4.38. The molecule has 1 aliphatic heterocycles. The fourth-order valence-electron chi connectivity index (χ4n) is 2.30. The van der Waals surface area contributed by atoms with E-state index in [-0.39, 0.29) is 5.69 Å². The van der Waals surface area contributed by atoms with Gasteiger partial charge in [-0.3, -0.25) is 0 Å². The van der Waals surface area contributed by atoms with E-state index in [9.17, 15) is 14.3 Å². The molecule has 2 aromatic rings. The first-order chi connectivity index (χ1) is 9.16. The maximum Gasteiger partial charge on any atom is 0.354 e. The van der Waals surface area contributed by atoms with Crippen molar-refractivity contribution in [3.63, 3.8) is 0 Å². The minimum Gasteiger partial charge on any atom is -0.477 e. The molecule has 1 aromatic heterocycles. The van der Waals surface area contributed by atoms with Gasteiger partial charge in [0, 0.05) is 18.7 Å². The predicted molar refractivity (Wildman–Crippen MR) is 67.7 cm³/mol. The van der Waals surface area contributed by atoms with E-state index in [2.05, 4.69) is 10.3 Å². The number of hydrogen-bond acceptors (Lipinski definition) is 3. The lowest BCUT2D eigenvalue weighted by Crippen LogP contribution is -2.20. The number of hydrogen-bond donors (Lipinski definition) is 2. The zero-order chi connectivity index (χ0) is 13.4. The molecule has 1 aromatic carbocycles. The van der Waals surface area contributed by atoms with Crippen LogP contribution in [0.25, 0.3) is 11.3 Å². The number of carbonyl (C=O) groups is 1. The highest BCUT2D eigenvalue weighted by atomic mass is 19.1. The summed E-state index contributed by atoms with van der Waals surface area (Å²) < 4.78 is 14.9. The molecular weight excluding hydrogens is 249 g/mol. The molecule has 2 heterocycles. The molecule has 3 rings (SSSR count). The second kappa shape index (κ2) is 4.38. The third-order valence-electron chi connectivity index (χ3n) is 3.11. The molecule has 5 nitrogen and oxygen atoms in total. The van der Waals surface area contributed by atoms with E-state index in [1.807, 2.05) is 0 Å². The number of imidazole rings is 1. The van der Waals surface area contributed by atoms with Crippen molar-refractivity contribution < 1.29 is 14.3 Å². The zero-order valence-corrected chi connectivity index (χ0v) is 10.1. The number of benzene rings is 1. The number of fused-ring (bicyclic) bond motifs is 1. The Hall–Kier alpha value is -2.37. The topological polar surface area (TPSA) is 67.1 Å². The lowest BCUT2D eigenvalue weighted by Gasteiger charge is -2.16. The third-order valence-corrected chi connectivity index (χ3v) is 3.11. The minimum absolute atomic E-state index is 0.104. The summed E-state index contributed by atoms with van der Waals surface area (Å²) in [7, 11) is 0. The first kappa shape index (κ1) is 11.7. The van der Waals surface area contributed by atoms with Crippen molar-refractivity contribution in [2.24, 2.45) is 0 Å². The van der Waals surface area contributed by atoms with Crippen LogP contribution >= 0.6 is 0 Å². The van der Waals surface area contributed by atoms with Gasteiger partial charge in [-0.1, -0.05) is 12.1 Å². The number of anilines is 1. The largest absolute Gasteiger partial charge is 0.477 e. The van der Waals surface area contributed by atoms with Crippen LogP contribution in [0, 0.1) is 5.82 Å². The van der Waals surface area contributed by atoms with Crippen LogP contribution in [-0.4, -0.2) is 27.2 Å². The van der Waals surface area contributed by atoms with Crippen LogP contribution in [0.2, 0.25) is 0 Å². The first-order valence-electron chi connectivity index (χ1n) is 6.00. The van der Waals surface area contributed by atoms with E-state index in [4.69, 9.17) is 0 Å². The number of nitrogens with one attached hydrogen (secondary N) is 1. The molecule has 0 atom stereocenters. The number of rotatable bonds is 2. The van der Waals surface area contributed by atoms with Crippen LogP contribution in [0.3, 0.4) is 0 Å². The Morgan fingerprint density at radius 1 is 1.47 bits per heavy atom. The molecule has 19 heavy (non-hydrogen) atoms. The average molecular weight is 261 g/mol. The summed E-state index contributed by atoms with van der Waals surface area (Å²) in [6.07, 6.45) is 0.840. The Labute approximate surface area is 108 Å². The number of halogens is 1. The number of carboxylic acids is 1. The maximum absolute atomic E-state index is 13.3. The molecule has 0 saturated heterocycles. The van der Waals surface area contributed by atoms with E-state index in [0.717, 1.165) is 13.0 Å². The number of aromatic carboxylic acids is 1. The van der Waals surface area contributed by atoms with Crippen molar-refractivity contribution in [1.82, 2.24) is 9.55 Å². The van der Waals surface area contributed by atoms with Gasteiger partial charge in [0.15, 0.2) is 5.69 Å². The molecule has 1 aliphatic rings.